The summed E-state index contributed by atoms with van der Waals surface area (Å²) in [6.07, 6.45) is 1.09. The molecule has 0 saturated heterocycles. The summed E-state index contributed by atoms with van der Waals surface area (Å²) in [4.78, 5) is 4.69. The van der Waals surface area contributed by atoms with Crippen LogP contribution >= 0.6 is 15.9 Å². The van der Waals surface area contributed by atoms with Crippen LogP contribution in [-0.4, -0.2) is 18.6 Å². The Bertz CT molecular complexity index is 584. The molecule has 1 aromatic carbocycles. The van der Waals surface area contributed by atoms with Crippen LogP contribution in [0, 0.1) is 6.92 Å². The number of nitrogens with zero attached hydrogens (tertiary/aromatic N) is 1. The maximum Gasteiger partial charge on any atom is 0.0885 e. The summed E-state index contributed by atoms with van der Waals surface area (Å²) in [5.74, 6) is 0. The second-order valence-corrected chi connectivity index (χ2v) is 5.56. The van der Waals surface area contributed by atoms with E-state index in [1.807, 2.05) is 0 Å². The predicted octanol–water partition coefficient (Wildman–Crippen LogP) is 4.27. The van der Waals surface area contributed by atoms with Gasteiger partial charge in [0.25, 0.3) is 0 Å². The normalized spacial score (nSPS) is 10.9. The molecular weight excluding hydrogens is 304 g/mol. The summed E-state index contributed by atoms with van der Waals surface area (Å²) < 4.78 is 6.28. The molecule has 0 atom stereocenters. The van der Waals surface area contributed by atoms with Gasteiger partial charge < -0.3 is 10.1 Å². The van der Waals surface area contributed by atoms with Gasteiger partial charge in [0.05, 0.1) is 17.8 Å². The topological polar surface area (TPSA) is 34.1 Å². The van der Waals surface area contributed by atoms with E-state index in [0.29, 0.717) is 6.61 Å². The first-order valence-corrected chi connectivity index (χ1v) is 7.27. The largest absolute Gasteiger partial charge is 0.384 e. The van der Waals surface area contributed by atoms with Crippen LogP contribution in [0.2, 0.25) is 0 Å². The highest BCUT2D eigenvalue weighted by Gasteiger charge is 2.09. The smallest absolute Gasteiger partial charge is 0.0885 e. The number of nitrogens with one attached hydrogen (secondary N) is 1. The standard InChI is InChI=1S/C15H19BrN2O/c1-4-5-17-14-8-12(9-19-3)18-15-10(2)6-11(16)7-13(14)15/h6-8H,4-5,9H2,1-3H3,(H,17,18). The van der Waals surface area contributed by atoms with Crippen molar-refractivity contribution < 1.29 is 4.74 Å². The van der Waals surface area contributed by atoms with Gasteiger partial charge in [-0.3, -0.25) is 0 Å². The number of anilines is 1. The van der Waals surface area contributed by atoms with Crippen LogP contribution in [0.4, 0.5) is 5.69 Å². The Morgan fingerprint density at radius 2 is 2.11 bits per heavy atom. The van der Waals surface area contributed by atoms with Gasteiger partial charge in [0.2, 0.25) is 0 Å². The van der Waals surface area contributed by atoms with Crippen molar-refractivity contribution in [1.29, 1.82) is 0 Å². The van der Waals surface area contributed by atoms with Gasteiger partial charge in [0, 0.05) is 29.2 Å². The number of benzene rings is 1. The lowest BCUT2D eigenvalue weighted by atomic mass is 10.1. The van der Waals surface area contributed by atoms with E-state index in [0.717, 1.165) is 39.7 Å². The molecule has 4 heteroatoms. The molecule has 0 spiro atoms. The maximum absolute atomic E-state index is 5.20. The molecule has 1 heterocycles. The number of aryl methyl sites for hydroxylation is 1. The van der Waals surface area contributed by atoms with Gasteiger partial charge in [0.1, 0.15) is 0 Å². The third-order valence-electron chi connectivity index (χ3n) is 2.98. The fourth-order valence-electron chi connectivity index (χ4n) is 2.14. The Balaban J connectivity index is 2.60. The first-order valence-electron chi connectivity index (χ1n) is 6.48. The zero-order valence-corrected chi connectivity index (χ0v) is 13.2. The third-order valence-corrected chi connectivity index (χ3v) is 3.44. The van der Waals surface area contributed by atoms with Crippen molar-refractivity contribution in [1.82, 2.24) is 4.98 Å². The fourth-order valence-corrected chi connectivity index (χ4v) is 2.71. The van der Waals surface area contributed by atoms with Gasteiger partial charge in [-0.15, -0.1) is 0 Å². The molecule has 2 rings (SSSR count). The SMILES string of the molecule is CCCNc1cc(COC)nc2c(C)cc(Br)cc12. The number of hydrogen-bond acceptors (Lipinski definition) is 3. The highest BCUT2D eigenvalue weighted by molar-refractivity contribution is 9.10. The number of halogens is 1. The number of pyridine rings is 1. The first-order chi connectivity index (χ1) is 9.15. The van der Waals surface area contributed by atoms with Crippen LogP contribution in [0.15, 0.2) is 22.7 Å². The summed E-state index contributed by atoms with van der Waals surface area (Å²) in [6, 6.07) is 6.28. The van der Waals surface area contributed by atoms with Gasteiger partial charge in [-0.05, 0) is 37.1 Å². The average molecular weight is 323 g/mol. The van der Waals surface area contributed by atoms with Crippen LogP contribution in [-0.2, 0) is 11.3 Å². The number of methoxy groups -OCH3 is 1. The number of aromatic nitrogens is 1. The zero-order valence-electron chi connectivity index (χ0n) is 11.6. The quantitative estimate of drug-likeness (QED) is 0.892. The van der Waals surface area contributed by atoms with Crippen LogP contribution in [0.1, 0.15) is 24.6 Å². The molecule has 0 aliphatic heterocycles. The zero-order chi connectivity index (χ0) is 13.8. The Hall–Kier alpha value is -1.13. The summed E-state index contributed by atoms with van der Waals surface area (Å²) in [7, 11) is 1.69. The van der Waals surface area contributed by atoms with Crippen molar-refractivity contribution in [3.8, 4) is 0 Å². The second-order valence-electron chi connectivity index (χ2n) is 4.64. The lowest BCUT2D eigenvalue weighted by molar-refractivity contribution is 0.182. The Kier molecular flexibility index (Phi) is 4.77. The highest BCUT2D eigenvalue weighted by atomic mass is 79.9. The average Bonchev–Trinajstić information content (AvgIpc) is 2.37. The minimum atomic E-state index is 0.534. The van der Waals surface area contributed by atoms with E-state index in [1.165, 1.54) is 5.56 Å². The van der Waals surface area contributed by atoms with Crippen LogP contribution < -0.4 is 5.32 Å². The van der Waals surface area contributed by atoms with Crippen molar-refractivity contribution in [2.24, 2.45) is 0 Å². The molecule has 2 aromatic rings. The van der Waals surface area contributed by atoms with E-state index in [9.17, 15) is 0 Å². The molecule has 0 unspecified atom stereocenters. The summed E-state index contributed by atoms with van der Waals surface area (Å²) in [5.41, 5.74) is 4.29. The van der Waals surface area contributed by atoms with Crippen molar-refractivity contribution in [2.45, 2.75) is 26.9 Å². The first kappa shape index (κ1) is 14.3. The summed E-state index contributed by atoms with van der Waals surface area (Å²) >= 11 is 3.55. The molecule has 1 N–H and O–H groups in total. The van der Waals surface area contributed by atoms with E-state index in [4.69, 9.17) is 4.74 Å². The Labute approximate surface area is 122 Å². The number of hydrogen-bond donors (Lipinski definition) is 1. The van der Waals surface area contributed by atoms with Crippen LogP contribution in [0.25, 0.3) is 10.9 Å². The Morgan fingerprint density at radius 3 is 2.79 bits per heavy atom. The van der Waals surface area contributed by atoms with Crippen molar-refractivity contribution in [2.75, 3.05) is 19.0 Å². The van der Waals surface area contributed by atoms with E-state index >= 15 is 0 Å². The molecule has 0 fully saturated rings. The molecule has 0 bridgehead atoms. The van der Waals surface area contributed by atoms with E-state index in [-0.39, 0.29) is 0 Å². The number of rotatable bonds is 5. The minimum absolute atomic E-state index is 0.534. The maximum atomic E-state index is 5.20. The number of fused-ring (bicyclic) bond motifs is 1. The van der Waals surface area contributed by atoms with Gasteiger partial charge in [-0.2, -0.15) is 0 Å². The van der Waals surface area contributed by atoms with E-state index in [1.54, 1.807) is 7.11 Å². The van der Waals surface area contributed by atoms with Crippen molar-refractivity contribution in [3.05, 3.63) is 33.9 Å². The monoisotopic (exact) mass is 322 g/mol. The summed E-state index contributed by atoms with van der Waals surface area (Å²) in [5, 5.41) is 4.63. The predicted molar refractivity (Wildman–Crippen MR) is 83.7 cm³/mol. The lowest BCUT2D eigenvalue weighted by Gasteiger charge is -2.13. The highest BCUT2D eigenvalue weighted by Crippen LogP contribution is 2.29. The second kappa shape index (κ2) is 6.35. The van der Waals surface area contributed by atoms with Crippen LogP contribution in [0.5, 0.6) is 0 Å². The molecule has 1 aromatic heterocycles. The molecule has 0 aliphatic carbocycles. The van der Waals surface area contributed by atoms with Crippen molar-refractivity contribution >= 4 is 32.5 Å². The van der Waals surface area contributed by atoms with Gasteiger partial charge in [-0.25, -0.2) is 4.98 Å². The van der Waals surface area contributed by atoms with Crippen molar-refractivity contribution in [3.63, 3.8) is 0 Å². The van der Waals surface area contributed by atoms with Gasteiger partial charge in [0.15, 0.2) is 0 Å². The number of ether oxygens (including phenoxy) is 1. The molecule has 0 aliphatic rings. The van der Waals surface area contributed by atoms with Gasteiger partial charge in [-0.1, -0.05) is 22.9 Å². The molecule has 0 amide bonds. The van der Waals surface area contributed by atoms with E-state index < -0.39 is 0 Å². The molecule has 0 saturated carbocycles. The molecule has 102 valence electrons. The van der Waals surface area contributed by atoms with Crippen LogP contribution in [0.3, 0.4) is 0 Å². The lowest BCUT2D eigenvalue weighted by Crippen LogP contribution is -2.04. The fraction of sp³-hybridized carbons (Fsp3) is 0.400. The van der Waals surface area contributed by atoms with Gasteiger partial charge >= 0.3 is 0 Å². The summed E-state index contributed by atoms with van der Waals surface area (Å²) in [6.45, 7) is 5.73. The minimum Gasteiger partial charge on any atom is -0.384 e. The molecule has 0 radical (unpaired) electrons. The molecule has 19 heavy (non-hydrogen) atoms. The third kappa shape index (κ3) is 3.25. The molecular formula is C15H19BrN2O. The Morgan fingerprint density at radius 1 is 1.32 bits per heavy atom. The van der Waals surface area contributed by atoms with E-state index in [2.05, 4.69) is 58.3 Å². The molecule has 3 nitrogen and oxygen atoms in total.